The van der Waals surface area contributed by atoms with Crippen molar-refractivity contribution in [2.75, 3.05) is 18.3 Å². The molecule has 8 N–H and O–H groups in total. The van der Waals surface area contributed by atoms with E-state index in [0.29, 0.717) is 5.16 Å². The molecule has 1 aliphatic rings. The van der Waals surface area contributed by atoms with E-state index in [9.17, 15) is 25.2 Å². The molecule has 29 heavy (non-hydrogen) atoms. The largest absolute Gasteiger partial charge is 0.394 e. The number of thioether (sulfide) groups is 1. The Kier molecular flexibility index (Phi) is 6.52. The van der Waals surface area contributed by atoms with E-state index in [-0.39, 0.29) is 17.0 Å². The van der Waals surface area contributed by atoms with Crippen LogP contribution in [-0.4, -0.2) is 89.2 Å². The van der Waals surface area contributed by atoms with Crippen LogP contribution in [0.5, 0.6) is 0 Å². The summed E-state index contributed by atoms with van der Waals surface area (Å²) in [6.45, 7) is 0.927. The van der Waals surface area contributed by atoms with Gasteiger partial charge in [-0.1, -0.05) is 11.8 Å². The molecule has 0 bridgehead atoms. The molecule has 0 radical (unpaired) electrons. The van der Waals surface area contributed by atoms with Crippen molar-refractivity contribution >= 4 is 34.7 Å². The first-order chi connectivity index (χ1) is 13.8. The number of aliphatic hydroxyl groups is 4. The zero-order valence-corrected chi connectivity index (χ0v) is 16.4. The number of nitrogens with one attached hydrogen (secondary N) is 2. The van der Waals surface area contributed by atoms with Crippen molar-refractivity contribution in [3.8, 4) is 0 Å². The summed E-state index contributed by atoms with van der Waals surface area (Å²) in [5, 5.41) is 39.3. The molecule has 0 aromatic carbocycles. The van der Waals surface area contributed by atoms with Crippen LogP contribution in [0.2, 0.25) is 0 Å². The van der Waals surface area contributed by atoms with Gasteiger partial charge in [0, 0.05) is 0 Å². The summed E-state index contributed by atoms with van der Waals surface area (Å²) >= 11 is 1.23. The Morgan fingerprint density at radius 3 is 2.72 bits per heavy atom. The molecule has 0 aliphatic carbocycles. The molecule has 14 heteroatoms. The molecule has 0 spiro atoms. The number of hydrogen-bond acceptors (Lipinski definition) is 12. The molecule has 3 rings (SSSR count). The summed E-state index contributed by atoms with van der Waals surface area (Å²) in [6, 6.07) is -1.14. The number of fused-ring (bicyclic) bond motifs is 1. The number of amides is 1. The highest BCUT2D eigenvalue weighted by Gasteiger charge is 2.44. The third-order valence-corrected chi connectivity index (χ3v) is 5.05. The average molecular weight is 429 g/mol. The SMILES string of the molecule is CSc1nc(NNC(=O)C(N)C(C)O)c2ncn([C@@H]3O[C@H](CO)[C@@H](O)[C@H]3O)c2n1. The Morgan fingerprint density at radius 2 is 2.14 bits per heavy atom. The van der Waals surface area contributed by atoms with Crippen molar-refractivity contribution < 1.29 is 30.0 Å². The Labute approximate surface area is 169 Å². The van der Waals surface area contributed by atoms with E-state index in [2.05, 4.69) is 25.8 Å². The zero-order chi connectivity index (χ0) is 21.3. The maximum Gasteiger partial charge on any atom is 0.257 e. The molecule has 160 valence electrons. The summed E-state index contributed by atoms with van der Waals surface area (Å²) in [4.78, 5) is 24.8. The van der Waals surface area contributed by atoms with Crippen LogP contribution >= 0.6 is 11.8 Å². The number of hydrazine groups is 1. The number of nitrogens with two attached hydrogens (primary N) is 1. The van der Waals surface area contributed by atoms with E-state index in [4.69, 9.17) is 10.5 Å². The lowest BCUT2D eigenvalue weighted by atomic mass is 10.1. The minimum atomic E-state index is -1.31. The van der Waals surface area contributed by atoms with Crippen molar-refractivity contribution in [3.05, 3.63) is 6.33 Å². The number of ether oxygens (including phenoxy) is 1. The third kappa shape index (κ3) is 4.13. The molecule has 13 nitrogen and oxygen atoms in total. The molecule has 1 amide bonds. The Hall–Kier alpha value is -2.07. The van der Waals surface area contributed by atoms with Crippen molar-refractivity contribution in [1.82, 2.24) is 24.9 Å². The first-order valence-corrected chi connectivity index (χ1v) is 9.91. The average Bonchev–Trinajstić information content (AvgIpc) is 3.26. The summed E-state index contributed by atoms with van der Waals surface area (Å²) in [5.74, 6) is -0.489. The minimum Gasteiger partial charge on any atom is -0.394 e. The molecule has 6 atom stereocenters. The van der Waals surface area contributed by atoms with Gasteiger partial charge in [0.2, 0.25) is 0 Å². The summed E-state index contributed by atoms with van der Waals surface area (Å²) in [5.41, 5.74) is 11.1. The van der Waals surface area contributed by atoms with Crippen LogP contribution in [0, 0.1) is 0 Å². The van der Waals surface area contributed by atoms with E-state index in [1.165, 1.54) is 29.6 Å². The number of anilines is 1. The van der Waals surface area contributed by atoms with Crippen LogP contribution in [0.1, 0.15) is 13.2 Å². The molecule has 3 heterocycles. The number of aliphatic hydroxyl groups excluding tert-OH is 4. The topological polar surface area (TPSA) is 201 Å². The Morgan fingerprint density at radius 1 is 1.41 bits per heavy atom. The van der Waals surface area contributed by atoms with E-state index < -0.39 is 49.2 Å². The Balaban J connectivity index is 1.92. The van der Waals surface area contributed by atoms with Gasteiger partial charge >= 0.3 is 0 Å². The molecule has 1 fully saturated rings. The minimum absolute atomic E-state index is 0.163. The lowest BCUT2D eigenvalue weighted by Gasteiger charge is -2.17. The number of nitrogens with zero attached hydrogens (tertiary/aromatic N) is 4. The predicted octanol–water partition coefficient (Wildman–Crippen LogP) is -2.69. The van der Waals surface area contributed by atoms with Crippen LogP contribution in [0.4, 0.5) is 5.82 Å². The van der Waals surface area contributed by atoms with Crippen LogP contribution < -0.4 is 16.6 Å². The first-order valence-electron chi connectivity index (χ1n) is 8.69. The van der Waals surface area contributed by atoms with Crippen LogP contribution in [0.3, 0.4) is 0 Å². The van der Waals surface area contributed by atoms with E-state index in [1.807, 2.05) is 0 Å². The third-order valence-electron chi connectivity index (χ3n) is 4.50. The highest BCUT2D eigenvalue weighted by molar-refractivity contribution is 7.98. The number of hydrogen-bond donors (Lipinski definition) is 7. The van der Waals surface area contributed by atoms with Gasteiger partial charge in [-0.3, -0.25) is 20.2 Å². The monoisotopic (exact) mass is 429 g/mol. The fourth-order valence-electron chi connectivity index (χ4n) is 2.79. The number of rotatable bonds is 7. The summed E-state index contributed by atoms with van der Waals surface area (Å²) < 4.78 is 6.94. The standard InChI is InChI=1S/C15H23N7O6S/c1-5(24)7(16)13(27)21-20-11-8-12(19-15(18-11)29-2)22(4-17-8)14-10(26)9(25)6(3-23)28-14/h4-7,9-10,14,23-26H,3,16H2,1-2H3,(H,21,27)(H,18,19,20)/t5?,6-,7?,9-,10-,14-/m1/s1. The van der Waals surface area contributed by atoms with Crippen LogP contribution in [0.25, 0.3) is 11.2 Å². The van der Waals surface area contributed by atoms with Crippen LogP contribution in [-0.2, 0) is 9.53 Å². The molecule has 2 unspecified atom stereocenters. The van der Waals surface area contributed by atoms with Gasteiger partial charge in [0.25, 0.3) is 5.91 Å². The molecule has 0 saturated carbocycles. The smallest absolute Gasteiger partial charge is 0.257 e. The van der Waals surface area contributed by atoms with Gasteiger partial charge in [0.15, 0.2) is 28.4 Å². The number of carbonyl (C=O) groups excluding carboxylic acids is 1. The Bertz CT molecular complexity index is 880. The molecule has 2 aromatic rings. The van der Waals surface area contributed by atoms with Gasteiger partial charge in [0.05, 0.1) is 19.0 Å². The predicted molar refractivity (Wildman–Crippen MR) is 102 cm³/mol. The molecule has 1 aliphatic heterocycles. The fourth-order valence-corrected chi connectivity index (χ4v) is 3.15. The van der Waals surface area contributed by atoms with Crippen molar-refractivity contribution in [3.63, 3.8) is 0 Å². The maximum atomic E-state index is 12.0. The number of aromatic nitrogens is 4. The molecule has 2 aromatic heterocycles. The van der Waals surface area contributed by atoms with Crippen molar-refractivity contribution in [2.45, 2.75) is 48.8 Å². The number of carbonyl (C=O) groups is 1. The van der Waals surface area contributed by atoms with E-state index in [1.54, 1.807) is 6.26 Å². The van der Waals surface area contributed by atoms with E-state index in [0.717, 1.165) is 0 Å². The highest BCUT2D eigenvalue weighted by Crippen LogP contribution is 2.32. The second-order valence-electron chi connectivity index (χ2n) is 6.49. The molecular formula is C15H23N7O6S. The first kappa shape index (κ1) is 21.6. The second-order valence-corrected chi connectivity index (χ2v) is 7.27. The summed E-state index contributed by atoms with van der Waals surface area (Å²) in [7, 11) is 0. The van der Waals surface area contributed by atoms with Gasteiger partial charge in [-0.2, -0.15) is 0 Å². The lowest BCUT2D eigenvalue weighted by molar-refractivity contribution is -0.123. The van der Waals surface area contributed by atoms with Crippen molar-refractivity contribution in [2.24, 2.45) is 5.73 Å². The van der Waals surface area contributed by atoms with Gasteiger partial charge in [-0.25, -0.2) is 15.0 Å². The van der Waals surface area contributed by atoms with Gasteiger partial charge in [-0.05, 0) is 13.2 Å². The second kappa shape index (κ2) is 8.74. The summed E-state index contributed by atoms with van der Waals surface area (Å²) in [6.07, 6.45) is -2.51. The normalized spacial score (nSPS) is 26.4. The van der Waals surface area contributed by atoms with Gasteiger partial charge in [0.1, 0.15) is 24.4 Å². The quantitative estimate of drug-likeness (QED) is 0.137. The van der Waals surface area contributed by atoms with Gasteiger partial charge < -0.3 is 30.9 Å². The fraction of sp³-hybridized carbons (Fsp3) is 0.600. The highest BCUT2D eigenvalue weighted by atomic mass is 32.2. The maximum absolute atomic E-state index is 12.0. The zero-order valence-electron chi connectivity index (χ0n) is 15.6. The van der Waals surface area contributed by atoms with Crippen molar-refractivity contribution in [1.29, 1.82) is 0 Å². The number of imidazole rings is 1. The lowest BCUT2D eigenvalue weighted by Crippen LogP contribution is -2.49. The molecular weight excluding hydrogens is 406 g/mol. The van der Waals surface area contributed by atoms with Gasteiger partial charge in [-0.15, -0.1) is 0 Å². The van der Waals surface area contributed by atoms with Crippen LogP contribution in [0.15, 0.2) is 11.5 Å². The molecule has 1 saturated heterocycles. The van der Waals surface area contributed by atoms with E-state index >= 15 is 0 Å².